The van der Waals surface area contributed by atoms with Gasteiger partial charge in [-0.1, -0.05) is 15.9 Å². The van der Waals surface area contributed by atoms with E-state index in [2.05, 4.69) is 42.6 Å². The van der Waals surface area contributed by atoms with Gasteiger partial charge in [-0.2, -0.15) is 14.6 Å². The molecule has 3 heterocycles. The first-order valence-electron chi connectivity index (χ1n) is 10.1. The number of hydrogen-bond donors (Lipinski definition) is 2. The fourth-order valence-corrected chi connectivity index (χ4v) is 5.40. The first-order chi connectivity index (χ1) is 15.0. The van der Waals surface area contributed by atoms with Crippen LogP contribution in [0.25, 0.3) is 0 Å². The molecule has 1 aromatic carbocycles. The lowest BCUT2D eigenvalue weighted by molar-refractivity contribution is 0.195. The number of nitriles is 1. The average Bonchev–Trinajstić information content (AvgIpc) is 3.28. The van der Waals surface area contributed by atoms with Crippen LogP contribution >= 0.6 is 15.9 Å². The van der Waals surface area contributed by atoms with Crippen LogP contribution in [0.4, 0.5) is 11.8 Å². The number of halogens is 1. The minimum Gasteiger partial charge on any atom is -0.379 e. The monoisotopic (exact) mass is 506 g/mol. The molecular weight excluding hydrogens is 484 g/mol. The molecule has 0 radical (unpaired) electrons. The number of sulfonamides is 1. The van der Waals surface area contributed by atoms with Gasteiger partial charge >= 0.3 is 0 Å². The van der Waals surface area contributed by atoms with Crippen LogP contribution in [0.3, 0.4) is 0 Å². The molecular formula is C20H23BrN6O3S. The zero-order chi connectivity index (χ0) is 21.8. The quantitative estimate of drug-likeness (QED) is 0.613. The molecule has 0 aliphatic carbocycles. The molecule has 0 spiro atoms. The van der Waals surface area contributed by atoms with Crippen molar-refractivity contribution in [3.05, 3.63) is 40.5 Å². The Morgan fingerprint density at radius 3 is 2.52 bits per heavy atom. The zero-order valence-electron chi connectivity index (χ0n) is 16.8. The van der Waals surface area contributed by atoms with Crippen LogP contribution in [0.5, 0.6) is 0 Å². The van der Waals surface area contributed by atoms with Gasteiger partial charge in [-0.3, -0.25) is 0 Å². The predicted octanol–water partition coefficient (Wildman–Crippen LogP) is 2.58. The molecule has 31 heavy (non-hydrogen) atoms. The van der Waals surface area contributed by atoms with Crippen molar-refractivity contribution in [1.82, 2.24) is 14.3 Å². The van der Waals surface area contributed by atoms with E-state index in [-0.39, 0.29) is 12.1 Å². The van der Waals surface area contributed by atoms with Gasteiger partial charge < -0.3 is 15.4 Å². The second-order valence-electron chi connectivity index (χ2n) is 7.55. The fraction of sp³-hybridized carbons (Fsp3) is 0.450. The van der Waals surface area contributed by atoms with E-state index in [9.17, 15) is 13.7 Å². The number of anilines is 2. The number of benzene rings is 1. The lowest BCUT2D eigenvalue weighted by Gasteiger charge is -2.31. The van der Waals surface area contributed by atoms with Crippen LogP contribution in [0.2, 0.25) is 0 Å². The maximum atomic E-state index is 12.9. The maximum Gasteiger partial charge on any atom is 0.243 e. The third kappa shape index (κ3) is 5.15. The Morgan fingerprint density at radius 1 is 1.13 bits per heavy atom. The Bertz CT molecular complexity index is 1060. The van der Waals surface area contributed by atoms with E-state index in [1.807, 2.05) is 0 Å². The summed E-state index contributed by atoms with van der Waals surface area (Å²) in [7, 11) is -3.51. The summed E-state index contributed by atoms with van der Waals surface area (Å²) >= 11 is 3.33. The molecule has 2 aromatic rings. The molecule has 4 rings (SSSR count). The highest BCUT2D eigenvalue weighted by Crippen LogP contribution is 2.24. The lowest BCUT2D eigenvalue weighted by Crippen LogP contribution is -2.42. The van der Waals surface area contributed by atoms with E-state index >= 15 is 0 Å². The van der Waals surface area contributed by atoms with Gasteiger partial charge in [-0.15, -0.1) is 0 Å². The molecule has 2 aliphatic heterocycles. The van der Waals surface area contributed by atoms with Gasteiger partial charge in [0.25, 0.3) is 0 Å². The molecule has 0 bridgehead atoms. The standard InChI is InChI=1S/C20H23BrN6O3S/c21-15-1-3-18(4-2-15)31(28,29)27-8-5-16(6-9-27)25-20-23-12-14(11-22)19(26-20)24-17-7-10-30-13-17/h1-4,12,16-17H,5-10,13H2,(H2,23,24,25,26)/t17-/m0/s1. The summed E-state index contributed by atoms with van der Waals surface area (Å²) in [6, 6.07) is 8.96. The summed E-state index contributed by atoms with van der Waals surface area (Å²) in [6.07, 6.45) is 3.64. The summed E-state index contributed by atoms with van der Waals surface area (Å²) < 4.78 is 33.4. The molecule has 0 amide bonds. The molecule has 0 unspecified atom stereocenters. The van der Waals surface area contributed by atoms with Crippen LogP contribution in [0.15, 0.2) is 39.8 Å². The van der Waals surface area contributed by atoms with Crippen molar-refractivity contribution < 1.29 is 13.2 Å². The van der Waals surface area contributed by atoms with Crippen molar-refractivity contribution in [1.29, 1.82) is 5.26 Å². The topological polar surface area (TPSA) is 120 Å². The second kappa shape index (κ2) is 9.48. The van der Waals surface area contributed by atoms with Crippen LogP contribution in [-0.2, 0) is 14.8 Å². The normalized spacial score (nSPS) is 20.3. The van der Waals surface area contributed by atoms with E-state index < -0.39 is 10.0 Å². The Balaban J connectivity index is 1.38. The molecule has 2 aliphatic rings. The smallest absolute Gasteiger partial charge is 0.243 e. The molecule has 2 saturated heterocycles. The molecule has 1 aromatic heterocycles. The number of rotatable bonds is 6. The first-order valence-corrected chi connectivity index (χ1v) is 12.3. The van der Waals surface area contributed by atoms with Gasteiger partial charge in [-0.25, -0.2) is 13.4 Å². The number of ether oxygens (including phenoxy) is 1. The lowest BCUT2D eigenvalue weighted by atomic mass is 10.1. The maximum absolute atomic E-state index is 12.9. The minimum absolute atomic E-state index is 0.0481. The highest BCUT2D eigenvalue weighted by molar-refractivity contribution is 9.10. The molecule has 11 heteroatoms. The van der Waals surface area contributed by atoms with Gasteiger partial charge in [0.1, 0.15) is 17.5 Å². The molecule has 164 valence electrons. The van der Waals surface area contributed by atoms with E-state index in [1.54, 1.807) is 24.3 Å². The summed E-state index contributed by atoms with van der Waals surface area (Å²) in [5, 5.41) is 15.9. The molecule has 1 atom stereocenters. The van der Waals surface area contributed by atoms with Gasteiger partial charge in [-0.05, 0) is 43.5 Å². The van der Waals surface area contributed by atoms with Crippen molar-refractivity contribution in [3.8, 4) is 6.07 Å². The third-order valence-electron chi connectivity index (χ3n) is 5.42. The van der Waals surface area contributed by atoms with E-state index in [4.69, 9.17) is 4.74 Å². The summed E-state index contributed by atoms with van der Waals surface area (Å²) in [4.78, 5) is 9.02. The predicted molar refractivity (Wildman–Crippen MR) is 119 cm³/mol. The molecule has 2 N–H and O–H groups in total. The highest BCUT2D eigenvalue weighted by Gasteiger charge is 2.29. The molecule has 0 saturated carbocycles. The zero-order valence-corrected chi connectivity index (χ0v) is 19.2. The van der Waals surface area contributed by atoms with Crippen molar-refractivity contribution in [2.75, 3.05) is 36.9 Å². The number of piperidine rings is 1. The number of aromatic nitrogens is 2. The number of nitrogens with one attached hydrogen (secondary N) is 2. The van der Waals surface area contributed by atoms with E-state index in [0.717, 1.165) is 10.9 Å². The van der Waals surface area contributed by atoms with Crippen molar-refractivity contribution in [2.45, 2.75) is 36.2 Å². The largest absolute Gasteiger partial charge is 0.379 e. The van der Waals surface area contributed by atoms with Crippen molar-refractivity contribution in [3.63, 3.8) is 0 Å². The second-order valence-corrected chi connectivity index (χ2v) is 10.4. The summed E-state index contributed by atoms with van der Waals surface area (Å²) in [5.74, 6) is 0.917. The number of hydrogen-bond acceptors (Lipinski definition) is 8. The number of nitrogens with zero attached hydrogens (tertiary/aromatic N) is 4. The van der Waals surface area contributed by atoms with Gasteiger partial charge in [0.05, 0.1) is 23.7 Å². The Labute approximate surface area is 190 Å². The third-order valence-corrected chi connectivity index (χ3v) is 7.86. The van der Waals surface area contributed by atoms with Crippen LogP contribution in [-0.4, -0.2) is 61.1 Å². The molecule has 9 nitrogen and oxygen atoms in total. The SMILES string of the molecule is N#Cc1cnc(NC2CCN(S(=O)(=O)c3ccc(Br)cc3)CC2)nc1N[C@H]1CCOC1. The summed E-state index contributed by atoms with van der Waals surface area (Å²) in [6.45, 7) is 2.11. The Kier molecular flexibility index (Phi) is 6.71. The van der Waals surface area contributed by atoms with Gasteiger partial charge in [0.15, 0.2) is 0 Å². The van der Waals surface area contributed by atoms with E-state index in [0.29, 0.717) is 61.4 Å². The Morgan fingerprint density at radius 2 is 1.87 bits per heavy atom. The van der Waals surface area contributed by atoms with Crippen molar-refractivity contribution in [2.24, 2.45) is 0 Å². The van der Waals surface area contributed by atoms with E-state index in [1.165, 1.54) is 10.5 Å². The van der Waals surface area contributed by atoms with Crippen LogP contribution < -0.4 is 10.6 Å². The van der Waals surface area contributed by atoms with Crippen LogP contribution in [0.1, 0.15) is 24.8 Å². The van der Waals surface area contributed by atoms with Crippen molar-refractivity contribution >= 4 is 37.7 Å². The van der Waals surface area contributed by atoms with Gasteiger partial charge in [0, 0.05) is 30.2 Å². The fourth-order valence-electron chi connectivity index (χ4n) is 3.66. The average molecular weight is 507 g/mol. The first kappa shape index (κ1) is 22.0. The summed E-state index contributed by atoms with van der Waals surface area (Å²) in [5.41, 5.74) is 0.382. The Hall–Kier alpha value is -2.26. The van der Waals surface area contributed by atoms with Crippen LogP contribution in [0, 0.1) is 11.3 Å². The molecule has 2 fully saturated rings. The van der Waals surface area contributed by atoms with Gasteiger partial charge in [0.2, 0.25) is 16.0 Å². The highest BCUT2D eigenvalue weighted by atomic mass is 79.9. The minimum atomic E-state index is -3.51.